The second-order valence-electron chi connectivity index (χ2n) is 10.4. The van der Waals surface area contributed by atoms with Crippen molar-refractivity contribution in [2.24, 2.45) is 17.6 Å². The van der Waals surface area contributed by atoms with Gasteiger partial charge in [-0.1, -0.05) is 33.8 Å². The van der Waals surface area contributed by atoms with Gasteiger partial charge in [0.15, 0.2) is 0 Å². The molecule has 3 N–H and O–H groups in total. The van der Waals surface area contributed by atoms with Crippen LogP contribution < -0.4 is 16.0 Å². The van der Waals surface area contributed by atoms with Crippen molar-refractivity contribution in [3.8, 4) is 0 Å². The van der Waals surface area contributed by atoms with Crippen molar-refractivity contribution in [1.82, 2.24) is 9.88 Å². The molecule has 1 aliphatic heterocycles. The fraction of sp³-hybridized carbons (Fsp3) is 0.571. The maximum absolute atomic E-state index is 12.8. The first kappa shape index (κ1) is 26.0. The van der Waals surface area contributed by atoms with Gasteiger partial charge >= 0.3 is 0 Å². The van der Waals surface area contributed by atoms with Crippen molar-refractivity contribution in [2.75, 3.05) is 29.9 Å². The van der Waals surface area contributed by atoms with Gasteiger partial charge < -0.3 is 20.9 Å². The molecule has 0 radical (unpaired) electrons. The molecule has 1 aromatic carbocycles. The van der Waals surface area contributed by atoms with Crippen LogP contribution in [-0.2, 0) is 11.3 Å². The number of rotatable bonds is 11. The van der Waals surface area contributed by atoms with Crippen LogP contribution in [0.1, 0.15) is 59.1 Å². The highest BCUT2D eigenvalue weighted by Crippen LogP contribution is 2.27. The number of nitrogens with two attached hydrogens (primary N) is 1. The number of piperidine rings is 1. The van der Waals surface area contributed by atoms with Crippen molar-refractivity contribution < 1.29 is 4.79 Å². The van der Waals surface area contributed by atoms with E-state index in [4.69, 9.17) is 5.73 Å². The lowest BCUT2D eigenvalue weighted by molar-refractivity contribution is -0.134. The standard InChI is InChI=1S/C28H43N5O/c1-21(2)12-18-33(26-13-16-32(17-14-26)28(34)27(29)19-22(3)4)25-10-8-23(9-11-25)31-20-24-7-5-6-15-30-24/h5-11,15,21-22,26-27,31H,12-14,16-20,29H2,1-4H3. The molecule has 1 unspecified atom stereocenters. The SMILES string of the molecule is CC(C)CCN(c1ccc(NCc2ccccn2)cc1)C1CCN(C(=O)C(N)CC(C)C)CC1. The normalized spacial score (nSPS) is 15.6. The third-order valence-corrected chi connectivity index (χ3v) is 6.61. The van der Waals surface area contributed by atoms with Gasteiger partial charge in [-0.15, -0.1) is 0 Å². The van der Waals surface area contributed by atoms with Crippen LogP contribution in [0.15, 0.2) is 48.7 Å². The number of carbonyl (C=O) groups is 1. The minimum atomic E-state index is -0.375. The number of anilines is 2. The van der Waals surface area contributed by atoms with E-state index in [-0.39, 0.29) is 11.9 Å². The molecule has 1 atom stereocenters. The van der Waals surface area contributed by atoms with E-state index < -0.39 is 0 Å². The van der Waals surface area contributed by atoms with Crippen LogP contribution in [-0.4, -0.2) is 47.5 Å². The van der Waals surface area contributed by atoms with E-state index in [1.165, 1.54) is 5.69 Å². The Morgan fingerprint density at radius 1 is 1.09 bits per heavy atom. The molecule has 1 aliphatic rings. The first-order valence-corrected chi connectivity index (χ1v) is 12.9. The first-order valence-electron chi connectivity index (χ1n) is 12.9. The van der Waals surface area contributed by atoms with E-state index in [0.29, 0.717) is 24.4 Å². The Labute approximate surface area is 205 Å². The van der Waals surface area contributed by atoms with E-state index in [2.05, 4.69) is 67.2 Å². The number of likely N-dealkylation sites (tertiary alicyclic amines) is 1. The van der Waals surface area contributed by atoms with Gasteiger partial charge in [0.05, 0.1) is 18.3 Å². The average Bonchev–Trinajstić information content (AvgIpc) is 2.83. The zero-order chi connectivity index (χ0) is 24.5. The Morgan fingerprint density at radius 2 is 1.79 bits per heavy atom. The zero-order valence-corrected chi connectivity index (χ0v) is 21.4. The van der Waals surface area contributed by atoms with Crippen molar-refractivity contribution >= 4 is 17.3 Å². The summed E-state index contributed by atoms with van der Waals surface area (Å²) in [6, 6.07) is 14.8. The molecule has 3 rings (SSSR count). The molecule has 2 aromatic rings. The summed E-state index contributed by atoms with van der Waals surface area (Å²) in [7, 11) is 0. The lowest BCUT2D eigenvalue weighted by atomic mass is 9.98. The molecule has 1 amide bonds. The zero-order valence-electron chi connectivity index (χ0n) is 21.4. The Kier molecular flexibility index (Phi) is 9.75. The van der Waals surface area contributed by atoms with Crippen LogP contribution in [0.4, 0.5) is 11.4 Å². The molecule has 1 aromatic heterocycles. The first-order chi connectivity index (χ1) is 16.3. The monoisotopic (exact) mass is 465 g/mol. The largest absolute Gasteiger partial charge is 0.379 e. The molecule has 1 fully saturated rings. The van der Waals surface area contributed by atoms with Crippen molar-refractivity contribution in [3.05, 3.63) is 54.4 Å². The molecular formula is C28H43N5O. The van der Waals surface area contributed by atoms with E-state index in [1.54, 1.807) is 0 Å². The third-order valence-electron chi connectivity index (χ3n) is 6.61. The van der Waals surface area contributed by atoms with E-state index in [0.717, 1.165) is 56.7 Å². The molecule has 2 heterocycles. The number of nitrogens with one attached hydrogen (secondary N) is 1. The average molecular weight is 466 g/mol. The summed E-state index contributed by atoms with van der Waals surface area (Å²) in [5.74, 6) is 1.20. The number of pyridine rings is 1. The number of hydrogen-bond donors (Lipinski definition) is 2. The smallest absolute Gasteiger partial charge is 0.239 e. The number of amides is 1. The van der Waals surface area contributed by atoms with Crippen LogP contribution in [0.3, 0.4) is 0 Å². The maximum Gasteiger partial charge on any atom is 0.239 e. The highest BCUT2D eigenvalue weighted by atomic mass is 16.2. The van der Waals surface area contributed by atoms with Gasteiger partial charge in [-0.05, 0) is 73.9 Å². The Hall–Kier alpha value is -2.60. The van der Waals surface area contributed by atoms with Crippen LogP contribution >= 0.6 is 0 Å². The van der Waals surface area contributed by atoms with E-state index >= 15 is 0 Å². The van der Waals surface area contributed by atoms with Crippen molar-refractivity contribution in [1.29, 1.82) is 0 Å². The van der Waals surface area contributed by atoms with Gasteiger partial charge in [0, 0.05) is 43.2 Å². The summed E-state index contributed by atoms with van der Waals surface area (Å²) < 4.78 is 0. The molecule has 0 spiro atoms. The fourth-order valence-corrected chi connectivity index (χ4v) is 4.63. The Bertz CT molecular complexity index is 860. The summed E-state index contributed by atoms with van der Waals surface area (Å²) in [5, 5.41) is 3.46. The summed E-state index contributed by atoms with van der Waals surface area (Å²) in [6.45, 7) is 12.1. The quantitative estimate of drug-likeness (QED) is 0.493. The molecule has 186 valence electrons. The maximum atomic E-state index is 12.8. The van der Waals surface area contributed by atoms with Gasteiger partial charge in [0.2, 0.25) is 5.91 Å². The molecule has 0 saturated carbocycles. The number of carbonyl (C=O) groups excluding carboxylic acids is 1. The second kappa shape index (κ2) is 12.7. The summed E-state index contributed by atoms with van der Waals surface area (Å²) >= 11 is 0. The highest BCUT2D eigenvalue weighted by Gasteiger charge is 2.29. The van der Waals surface area contributed by atoms with E-state index in [1.807, 2.05) is 29.3 Å². The van der Waals surface area contributed by atoms with Gasteiger partial charge in [0.1, 0.15) is 0 Å². The topological polar surface area (TPSA) is 74.5 Å². The minimum absolute atomic E-state index is 0.115. The second-order valence-corrected chi connectivity index (χ2v) is 10.4. The van der Waals surface area contributed by atoms with E-state index in [9.17, 15) is 4.79 Å². The van der Waals surface area contributed by atoms with Crippen molar-refractivity contribution in [2.45, 2.75) is 72.0 Å². The molecule has 0 aliphatic carbocycles. The van der Waals surface area contributed by atoms with Crippen LogP contribution in [0.25, 0.3) is 0 Å². The van der Waals surface area contributed by atoms with Crippen LogP contribution in [0.5, 0.6) is 0 Å². The molecule has 0 bridgehead atoms. The third kappa shape index (κ3) is 7.73. The number of nitrogens with zero attached hydrogens (tertiary/aromatic N) is 3. The van der Waals surface area contributed by atoms with Gasteiger partial charge in [-0.25, -0.2) is 0 Å². The molecule has 6 heteroatoms. The number of benzene rings is 1. The van der Waals surface area contributed by atoms with Gasteiger partial charge in [-0.3, -0.25) is 9.78 Å². The molecule has 1 saturated heterocycles. The Morgan fingerprint density at radius 3 is 2.38 bits per heavy atom. The predicted molar refractivity (Wildman–Crippen MR) is 142 cm³/mol. The fourth-order valence-electron chi connectivity index (χ4n) is 4.63. The predicted octanol–water partition coefficient (Wildman–Crippen LogP) is 4.91. The summed E-state index contributed by atoms with van der Waals surface area (Å²) in [5.41, 5.74) is 9.56. The summed E-state index contributed by atoms with van der Waals surface area (Å²) in [6.07, 6.45) is 5.69. The number of hydrogen-bond acceptors (Lipinski definition) is 5. The van der Waals surface area contributed by atoms with Gasteiger partial charge in [-0.2, -0.15) is 0 Å². The Balaban J connectivity index is 1.61. The summed E-state index contributed by atoms with van der Waals surface area (Å²) in [4.78, 5) is 21.7. The molecule has 34 heavy (non-hydrogen) atoms. The number of aromatic nitrogens is 1. The lowest BCUT2D eigenvalue weighted by Crippen LogP contribution is -2.51. The molecular weight excluding hydrogens is 422 g/mol. The van der Waals surface area contributed by atoms with Crippen molar-refractivity contribution in [3.63, 3.8) is 0 Å². The van der Waals surface area contributed by atoms with Crippen LogP contribution in [0.2, 0.25) is 0 Å². The highest BCUT2D eigenvalue weighted by molar-refractivity contribution is 5.81. The molecule has 6 nitrogen and oxygen atoms in total. The van der Waals surface area contributed by atoms with Gasteiger partial charge in [0.25, 0.3) is 0 Å². The lowest BCUT2D eigenvalue weighted by Gasteiger charge is -2.41. The minimum Gasteiger partial charge on any atom is -0.379 e. The van der Waals surface area contributed by atoms with Crippen LogP contribution in [0, 0.1) is 11.8 Å².